The van der Waals surface area contributed by atoms with Gasteiger partial charge in [0.2, 0.25) is 5.95 Å². The van der Waals surface area contributed by atoms with Crippen LogP contribution < -0.4 is 5.32 Å². The fraction of sp³-hybridized carbons (Fsp3) is 0.400. The molecule has 0 spiro atoms. The molecule has 1 aliphatic rings. The summed E-state index contributed by atoms with van der Waals surface area (Å²) in [7, 11) is 0. The second kappa shape index (κ2) is 3.98. The van der Waals surface area contributed by atoms with Crippen molar-refractivity contribution in [3.05, 3.63) is 28.5 Å². The summed E-state index contributed by atoms with van der Waals surface area (Å²) in [6.45, 7) is 0.596. The lowest BCUT2D eigenvalue weighted by Crippen LogP contribution is -2.23. The number of aromatic nitrogens is 3. The van der Waals surface area contributed by atoms with Gasteiger partial charge in [0.1, 0.15) is 5.01 Å². The highest BCUT2D eigenvalue weighted by molar-refractivity contribution is 7.09. The minimum atomic E-state index is -4.42. The second-order valence-corrected chi connectivity index (χ2v) is 4.88. The van der Waals surface area contributed by atoms with Crippen LogP contribution in [0.5, 0.6) is 0 Å². The molecule has 1 aliphatic heterocycles. The van der Waals surface area contributed by atoms with Gasteiger partial charge in [0.25, 0.3) is 0 Å². The summed E-state index contributed by atoms with van der Waals surface area (Å²) in [5.41, 5.74) is -0.867. The van der Waals surface area contributed by atoms with Crippen molar-refractivity contribution in [3.63, 3.8) is 0 Å². The largest absolute Gasteiger partial charge is 0.434 e. The molecule has 3 heterocycles. The Labute approximate surface area is 104 Å². The third kappa shape index (κ3) is 1.86. The first-order valence-corrected chi connectivity index (χ1v) is 6.23. The van der Waals surface area contributed by atoms with Gasteiger partial charge in [0.05, 0.1) is 6.04 Å². The Morgan fingerprint density at radius 1 is 1.44 bits per heavy atom. The molecule has 4 nitrogen and oxygen atoms in total. The standard InChI is InChI=1S/C10H9F3N4S/c11-10(12,13)7-5-17-6(8-14-3-4-18-8)1-2-15-9(17)16-7/h3-6H,1-2H2,(H,15,16). The van der Waals surface area contributed by atoms with E-state index in [0.29, 0.717) is 13.0 Å². The molecule has 1 atom stereocenters. The Bertz CT molecular complexity index is 546. The van der Waals surface area contributed by atoms with Gasteiger partial charge in [0, 0.05) is 24.3 Å². The highest BCUT2D eigenvalue weighted by atomic mass is 32.1. The Balaban J connectivity index is 2.03. The predicted molar refractivity (Wildman–Crippen MR) is 60.6 cm³/mol. The van der Waals surface area contributed by atoms with Crippen LogP contribution in [0.2, 0.25) is 0 Å². The van der Waals surface area contributed by atoms with E-state index in [1.54, 1.807) is 6.20 Å². The maximum atomic E-state index is 12.6. The van der Waals surface area contributed by atoms with E-state index in [4.69, 9.17) is 0 Å². The normalized spacial score (nSPS) is 19.4. The molecule has 0 aliphatic carbocycles. The SMILES string of the molecule is FC(F)(F)c1cn2c(n1)NCCC2c1nccs1. The van der Waals surface area contributed by atoms with Crippen molar-refractivity contribution in [2.45, 2.75) is 18.6 Å². The Hall–Kier alpha value is -1.57. The smallest absolute Gasteiger partial charge is 0.356 e. The number of alkyl halides is 3. The Kier molecular flexibility index (Phi) is 2.54. The maximum absolute atomic E-state index is 12.6. The monoisotopic (exact) mass is 274 g/mol. The van der Waals surface area contributed by atoms with Gasteiger partial charge in [-0.05, 0) is 6.42 Å². The van der Waals surface area contributed by atoms with Gasteiger partial charge >= 0.3 is 6.18 Å². The lowest BCUT2D eigenvalue weighted by Gasteiger charge is -2.24. The second-order valence-electron chi connectivity index (χ2n) is 3.96. The number of nitrogens with zero attached hydrogens (tertiary/aromatic N) is 3. The van der Waals surface area contributed by atoms with Gasteiger partial charge in [0.15, 0.2) is 5.69 Å². The Morgan fingerprint density at radius 3 is 2.94 bits per heavy atom. The zero-order valence-electron chi connectivity index (χ0n) is 9.11. The minimum absolute atomic E-state index is 0.162. The molecule has 8 heteroatoms. The predicted octanol–water partition coefficient (Wildman–Crippen LogP) is 2.76. The Morgan fingerprint density at radius 2 is 2.28 bits per heavy atom. The average molecular weight is 274 g/mol. The minimum Gasteiger partial charge on any atom is -0.356 e. The summed E-state index contributed by atoms with van der Waals surface area (Å²) in [5.74, 6) is 0.258. The summed E-state index contributed by atoms with van der Waals surface area (Å²) in [4.78, 5) is 7.76. The fourth-order valence-electron chi connectivity index (χ4n) is 2.00. The van der Waals surface area contributed by atoms with Gasteiger partial charge in [-0.25, -0.2) is 9.97 Å². The first-order valence-electron chi connectivity index (χ1n) is 5.35. The molecule has 1 N–H and O–H groups in total. The van der Waals surface area contributed by atoms with Gasteiger partial charge in [-0.15, -0.1) is 11.3 Å². The molecule has 3 rings (SSSR count). The highest BCUT2D eigenvalue weighted by Gasteiger charge is 2.37. The van der Waals surface area contributed by atoms with E-state index < -0.39 is 11.9 Å². The molecular weight excluding hydrogens is 265 g/mol. The molecule has 2 aromatic rings. The van der Waals surface area contributed by atoms with Crippen LogP contribution in [0.3, 0.4) is 0 Å². The number of thiazole rings is 1. The van der Waals surface area contributed by atoms with Crippen molar-refractivity contribution < 1.29 is 13.2 Å². The molecular formula is C10H9F3N4S. The highest BCUT2D eigenvalue weighted by Crippen LogP contribution is 2.35. The summed E-state index contributed by atoms with van der Waals surface area (Å²) < 4.78 is 39.4. The molecule has 96 valence electrons. The summed E-state index contributed by atoms with van der Waals surface area (Å²) in [6.07, 6.45) is -1.01. The summed E-state index contributed by atoms with van der Waals surface area (Å²) in [6, 6.07) is -0.162. The van der Waals surface area contributed by atoms with Gasteiger partial charge in [-0.3, -0.25) is 0 Å². The third-order valence-corrected chi connectivity index (χ3v) is 3.67. The zero-order chi connectivity index (χ0) is 12.8. The molecule has 0 radical (unpaired) electrons. The summed E-state index contributed by atoms with van der Waals surface area (Å²) >= 11 is 1.44. The molecule has 2 aromatic heterocycles. The van der Waals surface area contributed by atoms with Crippen molar-refractivity contribution in [1.29, 1.82) is 0 Å². The zero-order valence-corrected chi connectivity index (χ0v) is 9.92. The quantitative estimate of drug-likeness (QED) is 0.869. The van der Waals surface area contributed by atoms with Crippen molar-refractivity contribution >= 4 is 17.3 Å². The van der Waals surface area contributed by atoms with E-state index in [0.717, 1.165) is 11.2 Å². The molecule has 0 aromatic carbocycles. The molecule has 1 unspecified atom stereocenters. The number of hydrogen-bond donors (Lipinski definition) is 1. The van der Waals surface area contributed by atoms with Crippen molar-refractivity contribution in [3.8, 4) is 0 Å². The van der Waals surface area contributed by atoms with E-state index in [1.807, 2.05) is 5.38 Å². The van der Waals surface area contributed by atoms with Crippen molar-refractivity contribution in [2.24, 2.45) is 0 Å². The third-order valence-electron chi connectivity index (χ3n) is 2.80. The van der Waals surface area contributed by atoms with Crippen LogP contribution in [-0.2, 0) is 6.18 Å². The lowest BCUT2D eigenvalue weighted by atomic mass is 10.2. The van der Waals surface area contributed by atoms with Crippen molar-refractivity contribution in [2.75, 3.05) is 11.9 Å². The first kappa shape index (κ1) is 11.5. The number of halogens is 3. The number of nitrogens with one attached hydrogen (secondary N) is 1. The first-order chi connectivity index (χ1) is 8.55. The topological polar surface area (TPSA) is 42.7 Å². The van der Waals surface area contributed by atoms with Crippen LogP contribution in [0, 0.1) is 0 Å². The van der Waals surface area contributed by atoms with Crippen molar-refractivity contribution in [1.82, 2.24) is 14.5 Å². The number of anilines is 1. The van der Waals surface area contributed by atoms with Crippen LogP contribution in [0.15, 0.2) is 17.8 Å². The average Bonchev–Trinajstić information content (AvgIpc) is 2.96. The van der Waals surface area contributed by atoms with Crippen LogP contribution in [0.4, 0.5) is 19.1 Å². The van der Waals surface area contributed by atoms with Gasteiger partial charge in [-0.2, -0.15) is 13.2 Å². The molecule has 0 saturated carbocycles. The van der Waals surface area contributed by atoms with E-state index >= 15 is 0 Å². The van der Waals surface area contributed by atoms with Crippen LogP contribution in [-0.4, -0.2) is 21.1 Å². The molecule has 0 amide bonds. The molecule has 18 heavy (non-hydrogen) atoms. The number of fused-ring (bicyclic) bond motifs is 1. The summed E-state index contributed by atoms with van der Waals surface area (Å²) in [5, 5.41) is 5.50. The number of imidazole rings is 1. The number of hydrogen-bond acceptors (Lipinski definition) is 4. The van der Waals surface area contributed by atoms with E-state index in [2.05, 4.69) is 15.3 Å². The van der Waals surface area contributed by atoms with E-state index in [-0.39, 0.29) is 12.0 Å². The number of rotatable bonds is 1. The molecule has 0 saturated heterocycles. The van der Waals surface area contributed by atoms with E-state index in [9.17, 15) is 13.2 Å². The van der Waals surface area contributed by atoms with Crippen LogP contribution >= 0.6 is 11.3 Å². The van der Waals surface area contributed by atoms with E-state index in [1.165, 1.54) is 15.9 Å². The lowest BCUT2D eigenvalue weighted by molar-refractivity contribution is -0.140. The van der Waals surface area contributed by atoms with Crippen LogP contribution in [0.1, 0.15) is 23.2 Å². The maximum Gasteiger partial charge on any atom is 0.434 e. The van der Waals surface area contributed by atoms with Gasteiger partial charge < -0.3 is 9.88 Å². The fourth-order valence-corrected chi connectivity index (χ4v) is 2.77. The molecule has 0 fully saturated rings. The van der Waals surface area contributed by atoms with Crippen LogP contribution in [0.25, 0.3) is 0 Å². The molecule has 0 bridgehead atoms. The van der Waals surface area contributed by atoms with Gasteiger partial charge in [-0.1, -0.05) is 0 Å².